The number of rotatable bonds is 8. The first-order valence-corrected chi connectivity index (χ1v) is 8.21. The summed E-state index contributed by atoms with van der Waals surface area (Å²) in [7, 11) is 0. The molecule has 1 rings (SSSR count). The van der Waals surface area contributed by atoms with Crippen LogP contribution in [0.15, 0.2) is 6.07 Å². The predicted molar refractivity (Wildman–Crippen MR) is 93.9 cm³/mol. The van der Waals surface area contributed by atoms with Crippen molar-refractivity contribution in [2.24, 2.45) is 0 Å². The second kappa shape index (κ2) is 8.66. The number of hydrogen-bond acceptors (Lipinski definition) is 4. The van der Waals surface area contributed by atoms with Gasteiger partial charge in [0, 0.05) is 31.7 Å². The van der Waals surface area contributed by atoms with Crippen molar-refractivity contribution in [1.82, 2.24) is 9.88 Å². The highest BCUT2D eigenvalue weighted by molar-refractivity contribution is 6.37. The fraction of sp³-hybridized carbons (Fsp3) is 0.667. The molecule has 1 aromatic rings. The lowest BCUT2D eigenvalue weighted by Gasteiger charge is -2.30. The molecule has 0 bridgehead atoms. The van der Waals surface area contributed by atoms with Crippen LogP contribution < -0.4 is 10.6 Å². The maximum absolute atomic E-state index is 6.19. The molecule has 0 aliphatic heterocycles. The molecule has 1 heterocycles. The van der Waals surface area contributed by atoms with Crippen LogP contribution in [0.5, 0.6) is 0 Å². The van der Waals surface area contributed by atoms with Crippen LogP contribution in [0.2, 0.25) is 10.0 Å². The SMILES string of the molecule is CCNc1nc(NCCN(C(C)C)C(C)C)c(Cl)cc1Cl. The van der Waals surface area contributed by atoms with Gasteiger partial charge in [-0.3, -0.25) is 4.90 Å². The number of pyridine rings is 1. The zero-order valence-corrected chi connectivity index (χ0v) is 15.0. The van der Waals surface area contributed by atoms with E-state index in [2.05, 4.69) is 48.2 Å². The summed E-state index contributed by atoms with van der Waals surface area (Å²) in [5.41, 5.74) is 0. The van der Waals surface area contributed by atoms with Gasteiger partial charge in [-0.25, -0.2) is 4.98 Å². The van der Waals surface area contributed by atoms with Gasteiger partial charge < -0.3 is 10.6 Å². The molecule has 4 nitrogen and oxygen atoms in total. The van der Waals surface area contributed by atoms with E-state index in [1.807, 2.05) is 6.92 Å². The lowest BCUT2D eigenvalue weighted by atomic mass is 10.2. The molecule has 0 radical (unpaired) electrons. The normalized spacial score (nSPS) is 11.5. The van der Waals surface area contributed by atoms with E-state index in [0.717, 1.165) is 19.6 Å². The van der Waals surface area contributed by atoms with Gasteiger partial charge in [-0.1, -0.05) is 23.2 Å². The van der Waals surface area contributed by atoms with E-state index in [1.54, 1.807) is 6.07 Å². The average molecular weight is 333 g/mol. The summed E-state index contributed by atoms with van der Waals surface area (Å²) in [6.45, 7) is 13.3. The van der Waals surface area contributed by atoms with Crippen molar-refractivity contribution in [1.29, 1.82) is 0 Å². The number of nitrogens with one attached hydrogen (secondary N) is 2. The number of anilines is 2. The van der Waals surface area contributed by atoms with Gasteiger partial charge in [-0.05, 0) is 40.7 Å². The summed E-state index contributed by atoms with van der Waals surface area (Å²) in [4.78, 5) is 6.86. The van der Waals surface area contributed by atoms with Crippen LogP contribution in [0.1, 0.15) is 34.6 Å². The van der Waals surface area contributed by atoms with Crippen molar-refractivity contribution in [3.63, 3.8) is 0 Å². The van der Waals surface area contributed by atoms with Crippen molar-refractivity contribution in [3.05, 3.63) is 16.1 Å². The second-order valence-corrected chi connectivity index (χ2v) is 6.35. The predicted octanol–water partition coefficient (Wildman–Crippen LogP) is 4.35. The van der Waals surface area contributed by atoms with Gasteiger partial charge in [0.25, 0.3) is 0 Å². The zero-order valence-electron chi connectivity index (χ0n) is 13.5. The molecule has 0 unspecified atom stereocenters. The van der Waals surface area contributed by atoms with Crippen molar-refractivity contribution in [2.45, 2.75) is 46.7 Å². The molecule has 0 amide bonds. The highest BCUT2D eigenvalue weighted by Crippen LogP contribution is 2.29. The van der Waals surface area contributed by atoms with Crippen LogP contribution in [-0.2, 0) is 0 Å². The van der Waals surface area contributed by atoms with Gasteiger partial charge in [-0.15, -0.1) is 0 Å². The van der Waals surface area contributed by atoms with Crippen molar-refractivity contribution in [3.8, 4) is 0 Å². The minimum absolute atomic E-state index is 0.512. The maximum Gasteiger partial charge on any atom is 0.147 e. The van der Waals surface area contributed by atoms with Crippen molar-refractivity contribution < 1.29 is 0 Å². The Kier molecular flexibility index (Phi) is 7.57. The molecule has 0 fully saturated rings. The number of aromatic nitrogens is 1. The third-order valence-corrected chi connectivity index (χ3v) is 3.84. The summed E-state index contributed by atoms with van der Waals surface area (Å²) in [6, 6.07) is 2.74. The number of halogens is 2. The molecule has 2 N–H and O–H groups in total. The van der Waals surface area contributed by atoms with E-state index in [9.17, 15) is 0 Å². The van der Waals surface area contributed by atoms with E-state index < -0.39 is 0 Å². The molecular weight excluding hydrogens is 307 g/mol. The molecule has 0 aromatic carbocycles. The Labute approximate surface area is 138 Å². The Balaban J connectivity index is 2.68. The second-order valence-electron chi connectivity index (χ2n) is 5.53. The summed E-state index contributed by atoms with van der Waals surface area (Å²) >= 11 is 12.3. The lowest BCUT2D eigenvalue weighted by Crippen LogP contribution is -2.40. The third-order valence-electron chi connectivity index (χ3n) is 3.26. The van der Waals surface area contributed by atoms with Gasteiger partial charge in [0.1, 0.15) is 11.6 Å². The summed E-state index contributed by atoms with van der Waals surface area (Å²) in [5, 5.41) is 7.51. The highest BCUT2D eigenvalue weighted by Gasteiger charge is 2.13. The number of hydrogen-bond donors (Lipinski definition) is 2. The minimum Gasteiger partial charge on any atom is -0.369 e. The summed E-state index contributed by atoms with van der Waals surface area (Å²) in [5.74, 6) is 1.33. The van der Waals surface area contributed by atoms with Crippen LogP contribution in [0, 0.1) is 0 Å². The van der Waals surface area contributed by atoms with Gasteiger partial charge in [-0.2, -0.15) is 0 Å². The molecule has 0 saturated carbocycles. The highest BCUT2D eigenvalue weighted by atomic mass is 35.5. The van der Waals surface area contributed by atoms with E-state index in [1.165, 1.54) is 0 Å². The molecule has 0 spiro atoms. The monoisotopic (exact) mass is 332 g/mol. The maximum atomic E-state index is 6.19. The Bertz CT molecular complexity index is 442. The molecule has 1 aromatic heterocycles. The van der Waals surface area contributed by atoms with Gasteiger partial charge in [0.05, 0.1) is 10.0 Å². The zero-order chi connectivity index (χ0) is 16.0. The molecule has 21 heavy (non-hydrogen) atoms. The van der Waals surface area contributed by atoms with Crippen molar-refractivity contribution >= 4 is 34.8 Å². The average Bonchev–Trinajstić information content (AvgIpc) is 2.38. The van der Waals surface area contributed by atoms with Crippen LogP contribution in [0.25, 0.3) is 0 Å². The summed E-state index contributed by atoms with van der Waals surface area (Å²) < 4.78 is 0. The molecule has 0 atom stereocenters. The van der Waals surface area contributed by atoms with Gasteiger partial charge >= 0.3 is 0 Å². The Morgan fingerprint density at radius 2 is 1.57 bits per heavy atom. The van der Waals surface area contributed by atoms with Crippen LogP contribution >= 0.6 is 23.2 Å². The van der Waals surface area contributed by atoms with E-state index in [-0.39, 0.29) is 0 Å². The van der Waals surface area contributed by atoms with Gasteiger partial charge in [0.15, 0.2) is 0 Å². The topological polar surface area (TPSA) is 40.2 Å². The Hall–Kier alpha value is -0.710. The van der Waals surface area contributed by atoms with Crippen LogP contribution in [-0.4, -0.2) is 41.6 Å². The first-order chi connectivity index (χ1) is 9.86. The Morgan fingerprint density at radius 1 is 1.05 bits per heavy atom. The fourth-order valence-corrected chi connectivity index (χ4v) is 2.79. The first-order valence-electron chi connectivity index (χ1n) is 7.46. The molecular formula is C15H26Cl2N4. The van der Waals surface area contributed by atoms with E-state index >= 15 is 0 Å². The van der Waals surface area contributed by atoms with Crippen molar-refractivity contribution in [2.75, 3.05) is 30.3 Å². The van der Waals surface area contributed by atoms with Crippen LogP contribution in [0.4, 0.5) is 11.6 Å². The number of nitrogens with zero attached hydrogens (tertiary/aromatic N) is 2. The van der Waals surface area contributed by atoms with Gasteiger partial charge in [0.2, 0.25) is 0 Å². The quantitative estimate of drug-likeness (QED) is 0.742. The molecule has 0 aliphatic carbocycles. The largest absolute Gasteiger partial charge is 0.369 e. The smallest absolute Gasteiger partial charge is 0.147 e. The standard InChI is InChI=1S/C15H26Cl2N4/c1-6-18-14-12(16)9-13(17)15(20-14)19-7-8-21(10(2)3)11(4)5/h9-11H,6-8H2,1-5H3,(H2,18,19,20). The van der Waals surface area contributed by atoms with E-state index in [4.69, 9.17) is 23.2 Å². The summed E-state index contributed by atoms with van der Waals surface area (Å²) in [6.07, 6.45) is 0. The molecule has 120 valence electrons. The minimum atomic E-state index is 0.512. The Morgan fingerprint density at radius 3 is 2.05 bits per heavy atom. The molecule has 0 saturated heterocycles. The first kappa shape index (κ1) is 18.3. The molecule has 6 heteroatoms. The van der Waals surface area contributed by atoms with Crippen LogP contribution in [0.3, 0.4) is 0 Å². The van der Waals surface area contributed by atoms with E-state index in [0.29, 0.717) is 33.8 Å². The molecule has 0 aliphatic rings. The third kappa shape index (κ3) is 5.53. The fourth-order valence-electron chi connectivity index (χ4n) is 2.30. The lowest BCUT2D eigenvalue weighted by molar-refractivity contribution is 0.182.